The average molecular weight is 304 g/mol. The summed E-state index contributed by atoms with van der Waals surface area (Å²) in [6, 6.07) is 6.50. The van der Waals surface area contributed by atoms with Crippen molar-refractivity contribution in [2.75, 3.05) is 0 Å². The molecule has 1 N–H and O–H groups in total. The van der Waals surface area contributed by atoms with Gasteiger partial charge in [-0.2, -0.15) is 5.10 Å². The predicted molar refractivity (Wildman–Crippen MR) is 78.6 cm³/mol. The second kappa shape index (κ2) is 5.61. The van der Waals surface area contributed by atoms with E-state index in [4.69, 9.17) is 11.6 Å². The standard InChI is InChI=1S/C15H11ClFN3O/c16-12-8-18-6-5-10(12)11-2-1-9(7-13(11)17)14-3-4-15(21)20-19-14/h1-2,5-8H,3-4H2,(H,20,21). The van der Waals surface area contributed by atoms with Gasteiger partial charge >= 0.3 is 0 Å². The fraction of sp³-hybridized carbons (Fsp3) is 0.133. The van der Waals surface area contributed by atoms with Gasteiger partial charge in [-0.3, -0.25) is 9.78 Å². The summed E-state index contributed by atoms with van der Waals surface area (Å²) in [5.74, 6) is -0.514. The first kappa shape index (κ1) is 13.7. The Hall–Kier alpha value is -2.27. The number of nitrogens with zero attached hydrogens (tertiary/aromatic N) is 2. The molecule has 0 radical (unpaired) electrons. The lowest BCUT2D eigenvalue weighted by atomic mass is 9.99. The first-order valence-corrected chi connectivity index (χ1v) is 6.78. The number of rotatable bonds is 2. The molecule has 0 saturated carbocycles. The maximum Gasteiger partial charge on any atom is 0.240 e. The number of amides is 1. The van der Waals surface area contributed by atoms with Crippen LogP contribution in [0.2, 0.25) is 5.02 Å². The number of hydrogen-bond acceptors (Lipinski definition) is 3. The van der Waals surface area contributed by atoms with E-state index in [9.17, 15) is 9.18 Å². The van der Waals surface area contributed by atoms with Gasteiger partial charge in [0.1, 0.15) is 5.82 Å². The number of nitrogens with one attached hydrogen (secondary N) is 1. The number of halogens is 2. The van der Waals surface area contributed by atoms with Crippen LogP contribution >= 0.6 is 11.6 Å². The van der Waals surface area contributed by atoms with Crippen molar-refractivity contribution in [2.45, 2.75) is 12.8 Å². The Morgan fingerprint density at radius 3 is 2.71 bits per heavy atom. The smallest absolute Gasteiger partial charge is 0.240 e. The van der Waals surface area contributed by atoms with Crippen molar-refractivity contribution in [3.63, 3.8) is 0 Å². The lowest BCUT2D eigenvalue weighted by Crippen LogP contribution is -2.25. The van der Waals surface area contributed by atoms with Crippen molar-refractivity contribution >= 4 is 23.2 Å². The van der Waals surface area contributed by atoms with Crippen LogP contribution in [0.3, 0.4) is 0 Å². The Kier molecular flexibility index (Phi) is 3.66. The third-order valence-corrected chi connectivity index (χ3v) is 3.57. The molecule has 0 spiro atoms. The zero-order valence-electron chi connectivity index (χ0n) is 10.9. The van der Waals surface area contributed by atoms with E-state index in [0.29, 0.717) is 40.3 Å². The molecule has 6 heteroatoms. The van der Waals surface area contributed by atoms with E-state index in [-0.39, 0.29) is 11.7 Å². The maximum absolute atomic E-state index is 14.3. The molecule has 0 saturated heterocycles. The Balaban J connectivity index is 1.97. The number of hydrazone groups is 1. The molecular weight excluding hydrogens is 293 g/mol. The van der Waals surface area contributed by atoms with E-state index in [1.54, 1.807) is 24.4 Å². The highest BCUT2D eigenvalue weighted by Crippen LogP contribution is 2.29. The summed E-state index contributed by atoms with van der Waals surface area (Å²) >= 11 is 6.03. The van der Waals surface area contributed by atoms with Crippen LogP contribution in [-0.4, -0.2) is 16.6 Å². The third-order valence-electron chi connectivity index (χ3n) is 3.27. The van der Waals surface area contributed by atoms with Crippen molar-refractivity contribution in [3.8, 4) is 11.1 Å². The molecule has 0 atom stereocenters. The zero-order valence-corrected chi connectivity index (χ0v) is 11.7. The van der Waals surface area contributed by atoms with E-state index in [2.05, 4.69) is 15.5 Å². The predicted octanol–water partition coefficient (Wildman–Crippen LogP) is 3.16. The fourth-order valence-corrected chi connectivity index (χ4v) is 2.41. The van der Waals surface area contributed by atoms with Gasteiger partial charge in [-0.15, -0.1) is 0 Å². The van der Waals surface area contributed by atoms with Crippen molar-refractivity contribution in [3.05, 3.63) is 53.1 Å². The Bertz CT molecular complexity index is 745. The zero-order chi connectivity index (χ0) is 14.8. The van der Waals surface area contributed by atoms with Gasteiger partial charge in [0.05, 0.1) is 10.7 Å². The fourth-order valence-electron chi connectivity index (χ4n) is 2.19. The largest absolute Gasteiger partial charge is 0.273 e. The number of carbonyl (C=O) groups excluding carboxylic acids is 1. The number of hydrogen-bond donors (Lipinski definition) is 1. The van der Waals surface area contributed by atoms with Gasteiger partial charge in [-0.05, 0) is 12.1 Å². The minimum absolute atomic E-state index is 0.126. The lowest BCUT2D eigenvalue weighted by molar-refractivity contribution is -0.121. The lowest BCUT2D eigenvalue weighted by Gasteiger charge is -2.13. The summed E-state index contributed by atoms with van der Waals surface area (Å²) in [5, 5.41) is 4.35. The van der Waals surface area contributed by atoms with Gasteiger partial charge < -0.3 is 0 Å². The van der Waals surface area contributed by atoms with Gasteiger partial charge in [-0.1, -0.05) is 23.7 Å². The van der Waals surface area contributed by atoms with Gasteiger partial charge in [-0.25, -0.2) is 9.82 Å². The van der Waals surface area contributed by atoms with E-state index >= 15 is 0 Å². The molecule has 0 bridgehead atoms. The summed E-state index contributed by atoms with van der Waals surface area (Å²) in [6.45, 7) is 0. The molecule has 1 aliphatic rings. The molecule has 1 aromatic carbocycles. The first-order valence-electron chi connectivity index (χ1n) is 6.40. The highest BCUT2D eigenvalue weighted by molar-refractivity contribution is 6.33. The molecule has 21 heavy (non-hydrogen) atoms. The van der Waals surface area contributed by atoms with Crippen LogP contribution in [0.15, 0.2) is 41.8 Å². The number of benzene rings is 1. The van der Waals surface area contributed by atoms with Crippen LogP contribution in [0.1, 0.15) is 18.4 Å². The van der Waals surface area contributed by atoms with Crippen LogP contribution < -0.4 is 5.43 Å². The van der Waals surface area contributed by atoms with E-state index < -0.39 is 0 Å². The molecule has 0 unspecified atom stereocenters. The third kappa shape index (κ3) is 2.78. The second-order valence-electron chi connectivity index (χ2n) is 4.64. The summed E-state index contributed by atoms with van der Waals surface area (Å²) in [6.07, 6.45) is 3.90. The van der Waals surface area contributed by atoms with Gasteiger partial charge in [0.2, 0.25) is 5.91 Å². The average Bonchev–Trinajstić information content (AvgIpc) is 2.49. The van der Waals surface area contributed by atoms with Crippen LogP contribution in [0.5, 0.6) is 0 Å². The Labute approximate surface area is 125 Å². The van der Waals surface area contributed by atoms with Gasteiger partial charge in [0.25, 0.3) is 0 Å². The highest BCUT2D eigenvalue weighted by atomic mass is 35.5. The van der Waals surface area contributed by atoms with Crippen LogP contribution in [0.4, 0.5) is 4.39 Å². The van der Waals surface area contributed by atoms with Crippen molar-refractivity contribution in [1.82, 2.24) is 10.4 Å². The van der Waals surface area contributed by atoms with Gasteiger partial charge in [0.15, 0.2) is 0 Å². The van der Waals surface area contributed by atoms with Crippen molar-refractivity contribution in [1.29, 1.82) is 0 Å². The summed E-state index contributed by atoms with van der Waals surface area (Å²) in [7, 11) is 0. The Morgan fingerprint density at radius 1 is 1.19 bits per heavy atom. The van der Waals surface area contributed by atoms with E-state index in [1.807, 2.05) is 0 Å². The molecule has 0 fully saturated rings. The number of aromatic nitrogens is 1. The monoisotopic (exact) mass is 303 g/mol. The minimum atomic E-state index is -0.389. The normalized spacial score (nSPS) is 14.6. The topological polar surface area (TPSA) is 54.4 Å². The molecule has 2 aromatic rings. The van der Waals surface area contributed by atoms with Crippen LogP contribution in [0, 0.1) is 5.82 Å². The molecule has 4 nitrogen and oxygen atoms in total. The van der Waals surface area contributed by atoms with Gasteiger partial charge in [0, 0.05) is 41.9 Å². The van der Waals surface area contributed by atoms with Crippen LogP contribution in [0.25, 0.3) is 11.1 Å². The highest BCUT2D eigenvalue weighted by Gasteiger charge is 2.16. The molecule has 0 aliphatic carbocycles. The molecule has 2 heterocycles. The summed E-state index contributed by atoms with van der Waals surface area (Å²) in [5.41, 5.74) is 4.73. The Morgan fingerprint density at radius 2 is 2.05 bits per heavy atom. The first-order chi connectivity index (χ1) is 10.1. The molecule has 3 rings (SSSR count). The summed E-state index contributed by atoms with van der Waals surface area (Å²) < 4.78 is 14.3. The molecule has 1 aromatic heterocycles. The van der Waals surface area contributed by atoms with Crippen molar-refractivity contribution < 1.29 is 9.18 Å². The van der Waals surface area contributed by atoms with E-state index in [0.717, 1.165) is 0 Å². The molecule has 1 aliphatic heterocycles. The van der Waals surface area contributed by atoms with E-state index in [1.165, 1.54) is 12.3 Å². The maximum atomic E-state index is 14.3. The number of carbonyl (C=O) groups is 1. The quantitative estimate of drug-likeness (QED) is 0.926. The van der Waals surface area contributed by atoms with Crippen molar-refractivity contribution in [2.24, 2.45) is 5.10 Å². The SMILES string of the molecule is O=C1CCC(c2ccc(-c3ccncc3Cl)c(F)c2)=NN1. The molecular formula is C15H11ClFN3O. The minimum Gasteiger partial charge on any atom is -0.273 e. The molecule has 1 amide bonds. The summed E-state index contributed by atoms with van der Waals surface area (Å²) in [4.78, 5) is 15.0. The number of pyridine rings is 1. The second-order valence-corrected chi connectivity index (χ2v) is 5.05. The van der Waals surface area contributed by atoms with Crippen LogP contribution in [-0.2, 0) is 4.79 Å². The molecule has 106 valence electrons.